The minimum atomic E-state index is -1.26. The van der Waals surface area contributed by atoms with E-state index in [1.54, 1.807) is 0 Å². The highest BCUT2D eigenvalue weighted by Crippen LogP contribution is 2.67. The van der Waals surface area contributed by atoms with Gasteiger partial charge in [0, 0.05) is 34.1 Å². The lowest BCUT2D eigenvalue weighted by Crippen LogP contribution is -2.63. The molecule has 5 rings (SSSR count). The van der Waals surface area contributed by atoms with Crippen LogP contribution >= 0.6 is 0 Å². The molecule has 11 nitrogen and oxygen atoms in total. The third kappa shape index (κ3) is 6.64. The summed E-state index contributed by atoms with van der Waals surface area (Å²) in [4.78, 5) is 60.6. The van der Waals surface area contributed by atoms with Gasteiger partial charge in [0.15, 0.2) is 30.4 Å². The molecule has 12 atom stereocenters. The Hall–Kier alpha value is -2.79. The van der Waals surface area contributed by atoms with Crippen LogP contribution < -0.4 is 0 Å². The second kappa shape index (κ2) is 13.4. The second-order valence-electron chi connectivity index (χ2n) is 14.6. The topological polar surface area (TPSA) is 141 Å². The Kier molecular flexibility index (Phi) is 10.0. The first-order valence-corrected chi connectivity index (χ1v) is 16.8. The number of fused-ring (bicyclic) bond motifs is 5. The van der Waals surface area contributed by atoms with E-state index in [2.05, 4.69) is 13.8 Å². The number of rotatable bonds is 8. The Labute approximate surface area is 271 Å². The number of hydrogen-bond donors (Lipinski definition) is 0. The first-order chi connectivity index (χ1) is 21.6. The lowest BCUT2D eigenvalue weighted by Gasteiger charge is -2.58. The van der Waals surface area contributed by atoms with Crippen molar-refractivity contribution in [3.63, 3.8) is 0 Å². The van der Waals surface area contributed by atoms with Gasteiger partial charge in [-0.1, -0.05) is 19.4 Å². The van der Waals surface area contributed by atoms with Crippen molar-refractivity contribution in [1.29, 1.82) is 0 Å². The molecule has 0 spiro atoms. The first-order valence-electron chi connectivity index (χ1n) is 16.8. The molecule has 0 aromatic carbocycles. The van der Waals surface area contributed by atoms with Crippen molar-refractivity contribution >= 4 is 29.7 Å². The minimum Gasteiger partial charge on any atom is -0.463 e. The van der Waals surface area contributed by atoms with E-state index in [0.29, 0.717) is 24.2 Å². The van der Waals surface area contributed by atoms with E-state index < -0.39 is 54.6 Å². The van der Waals surface area contributed by atoms with Gasteiger partial charge < -0.3 is 28.4 Å². The van der Waals surface area contributed by atoms with Crippen molar-refractivity contribution in [2.24, 2.45) is 34.5 Å². The molecular weight excluding hydrogens is 596 g/mol. The largest absolute Gasteiger partial charge is 0.463 e. The van der Waals surface area contributed by atoms with Gasteiger partial charge in [0.1, 0.15) is 12.7 Å². The van der Waals surface area contributed by atoms with Gasteiger partial charge in [-0.05, 0) is 92.4 Å². The van der Waals surface area contributed by atoms with Crippen LogP contribution in [0.3, 0.4) is 0 Å². The molecule has 256 valence electrons. The Morgan fingerprint density at radius 1 is 0.826 bits per heavy atom. The average molecular weight is 647 g/mol. The maximum absolute atomic E-state index is 12.3. The Bertz CT molecular complexity index is 1260. The monoisotopic (exact) mass is 646 g/mol. The second-order valence-corrected chi connectivity index (χ2v) is 14.6. The average Bonchev–Trinajstić information content (AvgIpc) is 3.32. The quantitative estimate of drug-likeness (QED) is 0.269. The highest BCUT2D eigenvalue weighted by atomic mass is 16.7. The summed E-state index contributed by atoms with van der Waals surface area (Å²) in [6, 6.07) is 0. The van der Waals surface area contributed by atoms with Crippen LogP contribution in [-0.2, 0) is 52.4 Å². The molecule has 0 aromatic heterocycles. The van der Waals surface area contributed by atoms with Crippen molar-refractivity contribution in [3.8, 4) is 0 Å². The number of allylic oxidation sites excluding steroid dienone is 1. The summed E-state index contributed by atoms with van der Waals surface area (Å²) in [5, 5.41) is 0. The predicted octanol–water partition coefficient (Wildman–Crippen LogP) is 4.62. The highest BCUT2D eigenvalue weighted by Gasteiger charge is 2.61. The maximum Gasteiger partial charge on any atom is 0.303 e. The zero-order valence-corrected chi connectivity index (χ0v) is 28.2. The normalized spacial score (nSPS) is 40.7. The van der Waals surface area contributed by atoms with Gasteiger partial charge in [-0.2, -0.15) is 0 Å². The Balaban J connectivity index is 1.38. The lowest BCUT2D eigenvalue weighted by atomic mass is 9.46. The van der Waals surface area contributed by atoms with Crippen LogP contribution in [0.1, 0.15) is 99.8 Å². The van der Waals surface area contributed by atoms with Crippen LogP contribution in [0.5, 0.6) is 0 Å². The standard InChI is InChI=1S/C35H50O11/c1-18(26-10-11-27-25-9-8-23-16-24(40)12-14-34(23,6)28(25)13-15-35(26,27)7)42-33-32(45-22(5)39)31(44-21(4)38)30(43-20(3)37)29(46-33)17-41-19(2)36/h16,18,25-33H,8-15,17H2,1-7H3/t18-,25?,26?,27?,28?,29-,30-,31+,32-,33-,34+,35-/m1/s1. The van der Waals surface area contributed by atoms with Crippen molar-refractivity contribution in [2.45, 2.75) is 137 Å². The van der Waals surface area contributed by atoms with Crippen LogP contribution in [0.15, 0.2) is 11.6 Å². The van der Waals surface area contributed by atoms with Crippen molar-refractivity contribution < 1.29 is 52.4 Å². The van der Waals surface area contributed by atoms with E-state index in [9.17, 15) is 24.0 Å². The molecule has 4 unspecified atom stereocenters. The summed E-state index contributed by atoms with van der Waals surface area (Å²) < 4.78 is 34.9. The van der Waals surface area contributed by atoms with E-state index in [4.69, 9.17) is 28.4 Å². The fraction of sp³-hybridized carbons (Fsp3) is 0.800. The first kappa shape index (κ1) is 34.5. The zero-order chi connectivity index (χ0) is 33.6. The molecule has 0 N–H and O–H groups in total. The van der Waals surface area contributed by atoms with E-state index >= 15 is 0 Å². The highest BCUT2D eigenvalue weighted by molar-refractivity contribution is 5.91. The maximum atomic E-state index is 12.3. The molecule has 11 heteroatoms. The number of ether oxygens (including phenoxy) is 6. The number of carbonyl (C=O) groups excluding carboxylic acids is 5. The SMILES string of the molecule is CC(=O)OC[C@H]1O[C@@H](O[C@H](C)C2CCC3C4CCC5=CC(=O)CC[C@]5(C)C4CC[C@@]32C)[C@H](OC(C)=O)[C@@H](OC(C)=O)[C@@H]1OC(C)=O. The zero-order valence-electron chi connectivity index (χ0n) is 28.2. The summed E-state index contributed by atoms with van der Waals surface area (Å²) in [6.45, 7) is 11.4. The molecule has 0 radical (unpaired) electrons. The van der Waals surface area contributed by atoms with Gasteiger partial charge >= 0.3 is 23.9 Å². The summed E-state index contributed by atoms with van der Waals surface area (Å²) >= 11 is 0. The van der Waals surface area contributed by atoms with E-state index in [1.165, 1.54) is 33.3 Å². The molecule has 5 aliphatic rings. The summed E-state index contributed by atoms with van der Waals surface area (Å²) in [5.74, 6) is -0.456. The van der Waals surface area contributed by atoms with Gasteiger partial charge in [-0.15, -0.1) is 0 Å². The van der Waals surface area contributed by atoms with Crippen LogP contribution in [0.2, 0.25) is 0 Å². The van der Waals surface area contributed by atoms with Gasteiger partial charge in [0.25, 0.3) is 0 Å². The molecule has 0 aromatic rings. The number of carbonyl (C=O) groups is 5. The van der Waals surface area contributed by atoms with Crippen LogP contribution in [0, 0.1) is 34.5 Å². The third-order valence-corrected chi connectivity index (χ3v) is 11.9. The Morgan fingerprint density at radius 2 is 1.48 bits per heavy atom. The summed E-state index contributed by atoms with van der Waals surface area (Å²) in [5.41, 5.74) is 1.46. The predicted molar refractivity (Wildman–Crippen MR) is 163 cm³/mol. The van der Waals surface area contributed by atoms with Crippen molar-refractivity contribution in [2.75, 3.05) is 6.61 Å². The number of ketones is 1. The van der Waals surface area contributed by atoms with Crippen LogP contribution in [0.4, 0.5) is 0 Å². The van der Waals surface area contributed by atoms with E-state index in [-0.39, 0.29) is 35.2 Å². The molecule has 1 saturated heterocycles. The molecule has 4 fully saturated rings. The van der Waals surface area contributed by atoms with Gasteiger partial charge in [-0.25, -0.2) is 0 Å². The van der Waals surface area contributed by atoms with E-state index in [1.807, 2.05) is 13.0 Å². The molecular formula is C35H50O11. The summed E-state index contributed by atoms with van der Waals surface area (Å²) in [6.07, 6.45) is 3.53. The molecule has 0 amide bonds. The molecule has 1 heterocycles. The third-order valence-electron chi connectivity index (χ3n) is 11.9. The molecule has 3 saturated carbocycles. The van der Waals surface area contributed by atoms with Gasteiger partial charge in [0.05, 0.1) is 6.10 Å². The molecule has 0 bridgehead atoms. The molecule has 46 heavy (non-hydrogen) atoms. The van der Waals surface area contributed by atoms with E-state index in [0.717, 1.165) is 44.9 Å². The lowest BCUT2D eigenvalue weighted by molar-refractivity contribution is -0.320. The fourth-order valence-electron chi connectivity index (χ4n) is 9.98. The number of esters is 4. The summed E-state index contributed by atoms with van der Waals surface area (Å²) in [7, 11) is 0. The minimum absolute atomic E-state index is 0.0148. The van der Waals surface area contributed by atoms with Crippen molar-refractivity contribution in [1.82, 2.24) is 0 Å². The smallest absolute Gasteiger partial charge is 0.303 e. The van der Waals surface area contributed by atoms with Crippen LogP contribution in [-0.4, -0.2) is 73.1 Å². The van der Waals surface area contributed by atoms with Gasteiger partial charge in [-0.3, -0.25) is 24.0 Å². The van der Waals surface area contributed by atoms with Crippen molar-refractivity contribution in [3.05, 3.63) is 11.6 Å². The molecule has 1 aliphatic heterocycles. The van der Waals surface area contributed by atoms with Crippen LogP contribution in [0.25, 0.3) is 0 Å². The van der Waals surface area contributed by atoms with Gasteiger partial charge in [0.2, 0.25) is 0 Å². The fourth-order valence-corrected chi connectivity index (χ4v) is 9.98. The number of hydrogen-bond acceptors (Lipinski definition) is 11. The molecule has 4 aliphatic carbocycles. The Morgan fingerprint density at radius 3 is 2.13 bits per heavy atom.